The zero-order valence-electron chi connectivity index (χ0n) is 11.8. The number of nitrogens with one attached hydrogen (secondary N) is 1. The highest BCUT2D eigenvalue weighted by atomic mass is 16.5. The summed E-state index contributed by atoms with van der Waals surface area (Å²) in [5, 5.41) is 5.10. The van der Waals surface area contributed by atoms with E-state index < -0.39 is 0 Å². The Hall–Kier alpha value is -2.07. The third-order valence-corrected chi connectivity index (χ3v) is 3.44. The van der Waals surface area contributed by atoms with Crippen LogP contribution in [0.5, 0.6) is 5.75 Å². The van der Waals surface area contributed by atoms with Gasteiger partial charge < -0.3 is 15.8 Å². The molecule has 0 aliphatic carbocycles. The molecular formula is C16H20N2O2. The Bertz CT molecular complexity index is 610. The topological polar surface area (TPSA) is 64.3 Å². The fraction of sp³-hybridized carbons (Fsp3) is 0.312. The Morgan fingerprint density at radius 2 is 2.15 bits per heavy atom. The molecular weight excluding hydrogens is 252 g/mol. The maximum absolute atomic E-state index is 11.1. The molecule has 0 aliphatic heterocycles. The molecule has 2 rings (SSSR count). The van der Waals surface area contributed by atoms with Crippen LogP contribution in [0.2, 0.25) is 0 Å². The van der Waals surface area contributed by atoms with Crippen LogP contribution in [0.15, 0.2) is 36.4 Å². The van der Waals surface area contributed by atoms with Gasteiger partial charge in [0.15, 0.2) is 0 Å². The minimum Gasteiger partial charge on any atom is -0.497 e. The van der Waals surface area contributed by atoms with E-state index in [1.165, 1.54) is 6.92 Å². The lowest BCUT2D eigenvalue weighted by Gasteiger charge is -2.18. The quantitative estimate of drug-likeness (QED) is 0.875. The molecule has 1 unspecified atom stereocenters. The highest BCUT2D eigenvalue weighted by Gasteiger charge is 2.13. The van der Waals surface area contributed by atoms with Gasteiger partial charge in [-0.1, -0.05) is 24.3 Å². The van der Waals surface area contributed by atoms with Crippen molar-refractivity contribution in [2.75, 3.05) is 20.2 Å². The maximum atomic E-state index is 11.1. The highest BCUT2D eigenvalue weighted by Crippen LogP contribution is 2.28. The fourth-order valence-electron chi connectivity index (χ4n) is 2.35. The van der Waals surface area contributed by atoms with Crippen molar-refractivity contribution in [2.24, 2.45) is 5.73 Å². The Balaban J connectivity index is 2.42. The molecule has 0 spiro atoms. The Labute approximate surface area is 118 Å². The Kier molecular flexibility index (Phi) is 4.58. The monoisotopic (exact) mass is 272 g/mol. The molecule has 0 saturated heterocycles. The average molecular weight is 272 g/mol. The molecule has 2 aromatic carbocycles. The molecule has 0 aromatic heterocycles. The van der Waals surface area contributed by atoms with Crippen LogP contribution >= 0.6 is 0 Å². The van der Waals surface area contributed by atoms with Gasteiger partial charge in [0.25, 0.3) is 0 Å². The molecule has 20 heavy (non-hydrogen) atoms. The number of amides is 1. The van der Waals surface area contributed by atoms with Crippen molar-refractivity contribution < 1.29 is 9.53 Å². The molecule has 3 N–H and O–H groups in total. The SMILES string of the molecule is COc1ccc2cccc(C(CN)CNC(C)=O)c2c1. The number of methoxy groups -OCH3 is 1. The summed E-state index contributed by atoms with van der Waals surface area (Å²) >= 11 is 0. The van der Waals surface area contributed by atoms with Crippen LogP contribution in [0.3, 0.4) is 0 Å². The summed E-state index contributed by atoms with van der Waals surface area (Å²) in [6, 6.07) is 12.1. The number of nitrogens with two attached hydrogens (primary N) is 1. The predicted octanol–water partition coefficient (Wildman–Crippen LogP) is 2.03. The van der Waals surface area contributed by atoms with Crippen molar-refractivity contribution in [1.29, 1.82) is 0 Å². The van der Waals surface area contributed by atoms with E-state index in [0.717, 1.165) is 22.1 Å². The first-order valence-corrected chi connectivity index (χ1v) is 6.67. The summed E-state index contributed by atoms with van der Waals surface area (Å²) in [6.45, 7) is 2.54. The summed E-state index contributed by atoms with van der Waals surface area (Å²) in [7, 11) is 1.65. The molecule has 0 bridgehead atoms. The van der Waals surface area contributed by atoms with Crippen molar-refractivity contribution >= 4 is 16.7 Å². The highest BCUT2D eigenvalue weighted by molar-refractivity contribution is 5.87. The van der Waals surface area contributed by atoms with E-state index in [4.69, 9.17) is 10.5 Å². The summed E-state index contributed by atoms with van der Waals surface area (Å²) < 4.78 is 5.29. The average Bonchev–Trinajstić information content (AvgIpc) is 2.47. The van der Waals surface area contributed by atoms with Crippen LogP contribution in [0.25, 0.3) is 10.8 Å². The van der Waals surface area contributed by atoms with Gasteiger partial charge >= 0.3 is 0 Å². The standard InChI is InChI=1S/C16H20N2O2/c1-11(19)18-10-13(9-17)15-5-3-4-12-6-7-14(20-2)8-16(12)15/h3-8,13H,9-10,17H2,1-2H3,(H,18,19). The Morgan fingerprint density at radius 3 is 2.80 bits per heavy atom. The molecule has 106 valence electrons. The number of benzene rings is 2. The minimum atomic E-state index is -0.0405. The van der Waals surface area contributed by atoms with Crippen LogP contribution in [0.4, 0.5) is 0 Å². The second-order valence-electron chi connectivity index (χ2n) is 4.80. The van der Waals surface area contributed by atoms with Crippen LogP contribution in [-0.2, 0) is 4.79 Å². The number of carbonyl (C=O) groups is 1. The van der Waals surface area contributed by atoms with E-state index in [-0.39, 0.29) is 11.8 Å². The summed E-state index contributed by atoms with van der Waals surface area (Å²) in [5.41, 5.74) is 7.01. The molecule has 2 aromatic rings. The van der Waals surface area contributed by atoms with Gasteiger partial charge in [0.05, 0.1) is 7.11 Å². The Morgan fingerprint density at radius 1 is 1.35 bits per heavy atom. The van der Waals surface area contributed by atoms with Crippen molar-refractivity contribution in [3.63, 3.8) is 0 Å². The van der Waals surface area contributed by atoms with Gasteiger partial charge in [-0.15, -0.1) is 0 Å². The van der Waals surface area contributed by atoms with Crippen molar-refractivity contribution in [1.82, 2.24) is 5.32 Å². The number of fused-ring (bicyclic) bond motifs is 1. The van der Waals surface area contributed by atoms with Gasteiger partial charge in [-0.2, -0.15) is 0 Å². The van der Waals surface area contributed by atoms with E-state index in [9.17, 15) is 4.79 Å². The van der Waals surface area contributed by atoms with Crippen LogP contribution in [0, 0.1) is 0 Å². The fourth-order valence-corrected chi connectivity index (χ4v) is 2.35. The smallest absolute Gasteiger partial charge is 0.216 e. The first-order valence-electron chi connectivity index (χ1n) is 6.67. The molecule has 1 amide bonds. The lowest BCUT2D eigenvalue weighted by Crippen LogP contribution is -2.29. The van der Waals surface area contributed by atoms with E-state index >= 15 is 0 Å². The maximum Gasteiger partial charge on any atom is 0.216 e. The van der Waals surface area contributed by atoms with Gasteiger partial charge in [0.2, 0.25) is 5.91 Å². The number of rotatable bonds is 5. The third-order valence-electron chi connectivity index (χ3n) is 3.44. The molecule has 0 saturated carbocycles. The number of carbonyl (C=O) groups excluding carboxylic acids is 1. The summed E-state index contributed by atoms with van der Waals surface area (Å²) in [6.07, 6.45) is 0. The lowest BCUT2D eigenvalue weighted by atomic mass is 9.93. The van der Waals surface area contributed by atoms with E-state index in [2.05, 4.69) is 17.4 Å². The minimum absolute atomic E-state index is 0.0405. The first-order chi connectivity index (χ1) is 9.65. The van der Waals surface area contributed by atoms with Gasteiger partial charge in [0, 0.05) is 25.9 Å². The van der Waals surface area contributed by atoms with Crippen LogP contribution in [0.1, 0.15) is 18.4 Å². The van der Waals surface area contributed by atoms with Crippen molar-refractivity contribution in [3.8, 4) is 5.75 Å². The summed E-state index contributed by atoms with van der Waals surface area (Å²) in [5.74, 6) is 0.872. The molecule has 0 fully saturated rings. The molecule has 4 nitrogen and oxygen atoms in total. The number of ether oxygens (including phenoxy) is 1. The third kappa shape index (κ3) is 3.08. The van der Waals surface area contributed by atoms with E-state index in [1.54, 1.807) is 7.11 Å². The van der Waals surface area contributed by atoms with Gasteiger partial charge in [-0.05, 0) is 28.5 Å². The zero-order valence-corrected chi connectivity index (χ0v) is 11.8. The molecule has 1 atom stereocenters. The summed E-state index contributed by atoms with van der Waals surface area (Å²) in [4.78, 5) is 11.1. The molecule has 4 heteroatoms. The molecule has 0 heterocycles. The van der Waals surface area contributed by atoms with Gasteiger partial charge in [-0.3, -0.25) is 4.79 Å². The van der Waals surface area contributed by atoms with E-state index in [1.807, 2.05) is 24.3 Å². The first kappa shape index (κ1) is 14.3. The predicted molar refractivity (Wildman–Crippen MR) is 81.0 cm³/mol. The van der Waals surface area contributed by atoms with Crippen molar-refractivity contribution in [3.05, 3.63) is 42.0 Å². The molecule has 0 aliphatic rings. The lowest BCUT2D eigenvalue weighted by molar-refractivity contribution is -0.119. The second kappa shape index (κ2) is 6.39. The largest absolute Gasteiger partial charge is 0.497 e. The van der Waals surface area contributed by atoms with Gasteiger partial charge in [0.1, 0.15) is 5.75 Å². The van der Waals surface area contributed by atoms with Crippen LogP contribution < -0.4 is 15.8 Å². The number of hydrogen-bond acceptors (Lipinski definition) is 3. The van der Waals surface area contributed by atoms with E-state index in [0.29, 0.717) is 13.1 Å². The molecule has 0 radical (unpaired) electrons. The zero-order chi connectivity index (χ0) is 14.5. The number of hydrogen-bond donors (Lipinski definition) is 2. The second-order valence-corrected chi connectivity index (χ2v) is 4.80. The van der Waals surface area contributed by atoms with Crippen molar-refractivity contribution in [2.45, 2.75) is 12.8 Å². The normalized spacial score (nSPS) is 12.2. The van der Waals surface area contributed by atoms with Crippen LogP contribution in [-0.4, -0.2) is 26.1 Å². The van der Waals surface area contributed by atoms with Gasteiger partial charge in [-0.25, -0.2) is 0 Å².